The highest BCUT2D eigenvalue weighted by Crippen LogP contribution is 2.11. The summed E-state index contributed by atoms with van der Waals surface area (Å²) in [5.41, 5.74) is 1.15. The van der Waals surface area contributed by atoms with Crippen molar-refractivity contribution in [2.45, 2.75) is 77.7 Å². The summed E-state index contributed by atoms with van der Waals surface area (Å²) in [7, 11) is 0. The largest absolute Gasteiger partial charge is 0.508 e. The van der Waals surface area contributed by atoms with Gasteiger partial charge in [0.15, 0.2) is 0 Å². The molecule has 0 bridgehead atoms. The molecule has 0 spiro atoms. The van der Waals surface area contributed by atoms with Crippen LogP contribution < -0.4 is 0 Å². The first kappa shape index (κ1) is 17.7. The average molecular weight is 289 g/mol. The Bertz CT molecular complexity index is 370. The Kier molecular flexibility index (Phi) is 10.5. The number of rotatable bonds is 12. The van der Waals surface area contributed by atoms with E-state index in [1.165, 1.54) is 57.8 Å². The van der Waals surface area contributed by atoms with Gasteiger partial charge in [0.25, 0.3) is 0 Å². The first-order chi connectivity index (χ1) is 10.3. The molecular formula is C19H31NO. The molecule has 1 aromatic carbocycles. The van der Waals surface area contributed by atoms with Crippen molar-refractivity contribution in [1.82, 2.24) is 0 Å². The summed E-state index contributed by atoms with van der Waals surface area (Å²) in [6.45, 7) is 2.99. The van der Waals surface area contributed by atoms with Crippen LogP contribution in [0.2, 0.25) is 0 Å². The lowest BCUT2D eigenvalue weighted by molar-refractivity contribution is 0.475. The molecule has 0 saturated heterocycles. The number of phenolic OH excluding ortho intramolecular Hbond substituents is 1. The first-order valence-electron chi connectivity index (χ1n) is 8.59. The van der Waals surface area contributed by atoms with Gasteiger partial charge in [-0.15, -0.1) is 0 Å². The van der Waals surface area contributed by atoms with Crippen molar-refractivity contribution in [2.75, 3.05) is 0 Å². The van der Waals surface area contributed by atoms with E-state index in [4.69, 9.17) is 0 Å². The van der Waals surface area contributed by atoms with Crippen molar-refractivity contribution in [1.29, 1.82) is 0 Å². The lowest BCUT2D eigenvalue weighted by Gasteiger charge is -2.00. The summed E-state index contributed by atoms with van der Waals surface area (Å²) in [5.74, 6) is 0.317. The normalized spacial score (nSPS) is 11.3. The fourth-order valence-electron chi connectivity index (χ4n) is 2.41. The van der Waals surface area contributed by atoms with Crippen molar-refractivity contribution in [2.24, 2.45) is 4.99 Å². The Balaban J connectivity index is 1.90. The van der Waals surface area contributed by atoms with Crippen LogP contribution in [0.15, 0.2) is 29.3 Å². The van der Waals surface area contributed by atoms with Crippen molar-refractivity contribution < 1.29 is 5.11 Å². The van der Waals surface area contributed by atoms with Gasteiger partial charge in [0.05, 0.1) is 6.54 Å². The molecule has 118 valence electrons. The van der Waals surface area contributed by atoms with Gasteiger partial charge in [-0.3, -0.25) is 4.99 Å². The van der Waals surface area contributed by atoms with Gasteiger partial charge in [0.1, 0.15) is 5.75 Å². The van der Waals surface area contributed by atoms with Crippen molar-refractivity contribution in [3.8, 4) is 5.75 Å². The molecule has 0 fully saturated rings. The molecule has 0 aliphatic carbocycles. The molecule has 0 heterocycles. The molecule has 0 aliphatic heterocycles. The highest BCUT2D eigenvalue weighted by molar-refractivity contribution is 5.57. The SMILES string of the molecule is CCCCCCCCCCCC=NCc1ccc(O)cc1. The van der Waals surface area contributed by atoms with E-state index in [1.54, 1.807) is 12.1 Å². The maximum atomic E-state index is 9.19. The highest BCUT2D eigenvalue weighted by atomic mass is 16.3. The fraction of sp³-hybridized carbons (Fsp3) is 0.632. The van der Waals surface area contributed by atoms with E-state index in [1.807, 2.05) is 18.3 Å². The molecule has 2 nitrogen and oxygen atoms in total. The maximum Gasteiger partial charge on any atom is 0.115 e. The van der Waals surface area contributed by atoms with Crippen molar-refractivity contribution in [3.63, 3.8) is 0 Å². The summed E-state index contributed by atoms with van der Waals surface area (Å²) in [5, 5.41) is 9.19. The Morgan fingerprint density at radius 3 is 2.05 bits per heavy atom. The molecule has 0 aromatic heterocycles. The summed E-state index contributed by atoms with van der Waals surface area (Å²) >= 11 is 0. The Morgan fingerprint density at radius 1 is 0.857 bits per heavy atom. The molecule has 0 unspecified atom stereocenters. The predicted molar refractivity (Wildman–Crippen MR) is 92.1 cm³/mol. The molecule has 0 aliphatic rings. The van der Waals surface area contributed by atoms with Crippen LogP contribution in [-0.2, 0) is 6.54 Å². The van der Waals surface area contributed by atoms with E-state index in [9.17, 15) is 5.11 Å². The minimum atomic E-state index is 0.317. The summed E-state index contributed by atoms with van der Waals surface area (Å²) in [6, 6.07) is 7.27. The smallest absolute Gasteiger partial charge is 0.115 e. The van der Waals surface area contributed by atoms with Gasteiger partial charge in [-0.05, 0) is 36.8 Å². The molecule has 0 atom stereocenters. The Hall–Kier alpha value is -1.31. The number of aromatic hydroxyl groups is 1. The lowest BCUT2D eigenvalue weighted by atomic mass is 10.1. The second-order valence-corrected chi connectivity index (χ2v) is 5.81. The van der Waals surface area contributed by atoms with Crippen LogP contribution >= 0.6 is 0 Å². The third-order valence-electron chi connectivity index (χ3n) is 3.78. The van der Waals surface area contributed by atoms with Gasteiger partial charge in [0.2, 0.25) is 0 Å². The Labute approximate surface area is 130 Å². The van der Waals surface area contributed by atoms with Gasteiger partial charge in [-0.2, -0.15) is 0 Å². The van der Waals surface area contributed by atoms with Crippen LogP contribution in [0.4, 0.5) is 0 Å². The van der Waals surface area contributed by atoms with Crippen LogP contribution in [0.3, 0.4) is 0 Å². The monoisotopic (exact) mass is 289 g/mol. The molecule has 0 radical (unpaired) electrons. The molecule has 2 heteroatoms. The summed E-state index contributed by atoms with van der Waals surface area (Å²) in [4.78, 5) is 4.43. The van der Waals surface area contributed by atoms with Crippen LogP contribution in [0.5, 0.6) is 5.75 Å². The van der Waals surface area contributed by atoms with E-state index in [0.29, 0.717) is 5.75 Å². The first-order valence-corrected chi connectivity index (χ1v) is 8.59. The van der Waals surface area contributed by atoms with E-state index in [2.05, 4.69) is 11.9 Å². The van der Waals surface area contributed by atoms with Crippen molar-refractivity contribution in [3.05, 3.63) is 29.8 Å². The fourth-order valence-corrected chi connectivity index (χ4v) is 2.41. The standard InChI is InChI=1S/C19H31NO/c1-2-3-4-5-6-7-8-9-10-11-16-20-17-18-12-14-19(21)15-13-18/h12-16,21H,2-11,17H2,1H3. The predicted octanol–water partition coefficient (Wildman–Crippen LogP) is 5.88. The van der Waals surface area contributed by atoms with E-state index in [-0.39, 0.29) is 0 Å². The number of benzene rings is 1. The van der Waals surface area contributed by atoms with Crippen LogP contribution in [0.25, 0.3) is 0 Å². The molecule has 1 aromatic rings. The van der Waals surface area contributed by atoms with Gasteiger partial charge in [-0.1, -0.05) is 70.4 Å². The number of unbranched alkanes of at least 4 members (excludes halogenated alkanes) is 9. The second-order valence-electron chi connectivity index (χ2n) is 5.81. The number of hydrogen-bond donors (Lipinski definition) is 1. The van der Waals surface area contributed by atoms with Gasteiger partial charge < -0.3 is 5.11 Å². The number of nitrogens with zero attached hydrogens (tertiary/aromatic N) is 1. The zero-order valence-electron chi connectivity index (χ0n) is 13.6. The van der Waals surface area contributed by atoms with Crippen LogP contribution in [0.1, 0.15) is 76.7 Å². The quantitative estimate of drug-likeness (QED) is 0.378. The Morgan fingerprint density at radius 2 is 1.43 bits per heavy atom. The lowest BCUT2D eigenvalue weighted by Crippen LogP contribution is -1.84. The zero-order valence-corrected chi connectivity index (χ0v) is 13.6. The number of aliphatic imine (C=N–C) groups is 1. The molecule has 0 saturated carbocycles. The van der Waals surface area contributed by atoms with Crippen LogP contribution in [0, 0.1) is 0 Å². The summed E-state index contributed by atoms with van der Waals surface area (Å²) < 4.78 is 0. The summed E-state index contributed by atoms with van der Waals surface area (Å²) in [6.07, 6.45) is 15.5. The van der Waals surface area contributed by atoms with E-state index >= 15 is 0 Å². The molecule has 0 amide bonds. The minimum Gasteiger partial charge on any atom is -0.508 e. The number of phenols is 1. The minimum absolute atomic E-state index is 0.317. The highest BCUT2D eigenvalue weighted by Gasteiger charge is 1.92. The van der Waals surface area contributed by atoms with E-state index in [0.717, 1.165) is 18.5 Å². The maximum absolute atomic E-state index is 9.19. The van der Waals surface area contributed by atoms with Crippen LogP contribution in [-0.4, -0.2) is 11.3 Å². The van der Waals surface area contributed by atoms with Gasteiger partial charge in [-0.25, -0.2) is 0 Å². The van der Waals surface area contributed by atoms with E-state index < -0.39 is 0 Å². The number of hydrogen-bond acceptors (Lipinski definition) is 2. The van der Waals surface area contributed by atoms with Gasteiger partial charge in [0, 0.05) is 0 Å². The zero-order chi connectivity index (χ0) is 15.2. The molecule has 1 rings (SSSR count). The molecular weight excluding hydrogens is 258 g/mol. The second kappa shape index (κ2) is 12.4. The molecule has 21 heavy (non-hydrogen) atoms. The average Bonchev–Trinajstić information content (AvgIpc) is 2.50. The third-order valence-corrected chi connectivity index (χ3v) is 3.78. The van der Waals surface area contributed by atoms with Crippen molar-refractivity contribution >= 4 is 6.21 Å². The molecule has 1 N–H and O–H groups in total. The van der Waals surface area contributed by atoms with Gasteiger partial charge >= 0.3 is 0 Å². The third kappa shape index (κ3) is 10.1. The topological polar surface area (TPSA) is 32.6 Å².